The number of nitrogens with one attached hydrogen (secondary N) is 1. The summed E-state index contributed by atoms with van der Waals surface area (Å²) in [5, 5.41) is 10.6. The van der Waals surface area contributed by atoms with Crippen LogP contribution in [0.5, 0.6) is 0 Å². The summed E-state index contributed by atoms with van der Waals surface area (Å²) in [6.07, 6.45) is -2.52. The van der Waals surface area contributed by atoms with Gasteiger partial charge in [-0.05, 0) is 42.3 Å². The molecule has 1 aromatic carbocycles. The lowest BCUT2D eigenvalue weighted by Gasteiger charge is -2.10. The predicted molar refractivity (Wildman–Crippen MR) is 131 cm³/mol. The highest BCUT2D eigenvalue weighted by atomic mass is 35.5. The minimum atomic E-state index is -4.73. The third-order valence-electron chi connectivity index (χ3n) is 5.42. The van der Waals surface area contributed by atoms with Crippen molar-refractivity contribution in [3.8, 4) is 10.6 Å². The van der Waals surface area contributed by atoms with Gasteiger partial charge in [0.15, 0.2) is 22.9 Å². The molecule has 0 spiro atoms. The number of rotatable bonds is 6. The van der Waals surface area contributed by atoms with Gasteiger partial charge in [0.2, 0.25) is 0 Å². The number of anilines is 1. The number of benzene rings is 1. The second-order valence-corrected chi connectivity index (χ2v) is 9.62. The highest BCUT2D eigenvalue weighted by molar-refractivity contribution is 7.15. The number of hydrogen-bond acceptors (Lipinski definition) is 5. The van der Waals surface area contributed by atoms with Crippen molar-refractivity contribution in [3.63, 3.8) is 0 Å². The monoisotopic (exact) mass is 548 g/mol. The molecule has 0 saturated carbocycles. The van der Waals surface area contributed by atoms with Gasteiger partial charge in [0.05, 0.1) is 17.1 Å². The van der Waals surface area contributed by atoms with Crippen LogP contribution >= 0.6 is 22.9 Å². The molecular formula is C24H17ClF4N6OS. The molecule has 0 fully saturated rings. The Bertz CT molecular complexity index is 1610. The molecular weight excluding hydrogens is 532 g/mol. The Morgan fingerprint density at radius 1 is 1.11 bits per heavy atom. The van der Waals surface area contributed by atoms with Crippen molar-refractivity contribution in [2.75, 3.05) is 5.32 Å². The number of aromatic nitrogens is 5. The Kier molecular flexibility index (Phi) is 6.46. The summed E-state index contributed by atoms with van der Waals surface area (Å²) in [5.41, 5.74) is -0.593. The Balaban J connectivity index is 1.44. The maximum Gasteiger partial charge on any atom is 0.433 e. The van der Waals surface area contributed by atoms with Crippen LogP contribution in [0, 0.1) is 5.82 Å². The summed E-state index contributed by atoms with van der Waals surface area (Å²) >= 11 is 7.54. The molecule has 1 N–H and O–H groups in total. The molecule has 0 atom stereocenters. The van der Waals surface area contributed by atoms with Gasteiger partial charge in [-0.25, -0.2) is 13.9 Å². The van der Waals surface area contributed by atoms with Crippen LogP contribution in [0.4, 0.5) is 23.4 Å². The average Bonchev–Trinajstić information content (AvgIpc) is 3.58. The van der Waals surface area contributed by atoms with E-state index in [1.54, 1.807) is 18.2 Å². The standard InChI is InChI=1S/C24H17ClF4N6OS/c1-2-15-7-8-19(37-15)17-9-20(24(27,28)29)35-21(30-17)10-18(32-35)23(36)31-22-16(25)12-34(33-22)11-13-3-5-14(26)6-4-13/h3-10,12H,2,11H2,1H3,(H,31,33,36). The quantitative estimate of drug-likeness (QED) is 0.252. The number of alkyl halides is 3. The van der Waals surface area contributed by atoms with E-state index in [-0.39, 0.29) is 40.2 Å². The van der Waals surface area contributed by atoms with Crippen molar-refractivity contribution in [1.82, 2.24) is 24.4 Å². The molecule has 0 bridgehead atoms. The number of aryl methyl sites for hydroxylation is 1. The number of halogens is 5. The smallest absolute Gasteiger partial charge is 0.302 e. The second-order valence-electron chi connectivity index (χ2n) is 8.05. The van der Waals surface area contributed by atoms with E-state index in [4.69, 9.17) is 11.6 Å². The van der Waals surface area contributed by atoms with E-state index < -0.39 is 17.8 Å². The van der Waals surface area contributed by atoms with E-state index in [0.717, 1.165) is 22.9 Å². The van der Waals surface area contributed by atoms with Gasteiger partial charge < -0.3 is 5.32 Å². The number of carbonyl (C=O) groups excluding carboxylic acids is 1. The molecule has 0 aliphatic carbocycles. The number of thiophene rings is 1. The Morgan fingerprint density at radius 2 is 1.86 bits per heavy atom. The van der Waals surface area contributed by atoms with Crippen molar-refractivity contribution in [2.24, 2.45) is 0 Å². The van der Waals surface area contributed by atoms with Crippen LogP contribution in [0.15, 0.2) is 54.7 Å². The first kappa shape index (κ1) is 24.9. The molecule has 4 aromatic heterocycles. The van der Waals surface area contributed by atoms with Crippen molar-refractivity contribution in [2.45, 2.75) is 26.1 Å². The third kappa shape index (κ3) is 5.20. The number of amides is 1. The van der Waals surface area contributed by atoms with Crippen molar-refractivity contribution < 1.29 is 22.4 Å². The van der Waals surface area contributed by atoms with Crippen LogP contribution in [0.25, 0.3) is 16.2 Å². The lowest BCUT2D eigenvalue weighted by atomic mass is 10.2. The summed E-state index contributed by atoms with van der Waals surface area (Å²) in [4.78, 5) is 18.8. The summed E-state index contributed by atoms with van der Waals surface area (Å²) in [5.74, 6) is -1.18. The van der Waals surface area contributed by atoms with Gasteiger partial charge in [-0.1, -0.05) is 30.7 Å². The van der Waals surface area contributed by atoms with Crippen molar-refractivity contribution in [3.05, 3.63) is 87.4 Å². The van der Waals surface area contributed by atoms with E-state index in [0.29, 0.717) is 9.39 Å². The summed E-state index contributed by atoms with van der Waals surface area (Å²) in [6, 6.07) is 11.4. The van der Waals surface area contributed by atoms with E-state index in [1.807, 2.05) is 13.0 Å². The fourth-order valence-corrected chi connectivity index (χ4v) is 4.74. The Morgan fingerprint density at radius 3 is 2.54 bits per heavy atom. The van der Waals surface area contributed by atoms with Gasteiger partial charge in [-0.2, -0.15) is 23.4 Å². The van der Waals surface area contributed by atoms with E-state index in [9.17, 15) is 22.4 Å². The summed E-state index contributed by atoms with van der Waals surface area (Å²) in [7, 11) is 0. The van der Waals surface area contributed by atoms with Crippen LogP contribution in [-0.4, -0.2) is 30.3 Å². The van der Waals surface area contributed by atoms with Crippen LogP contribution in [0.2, 0.25) is 5.02 Å². The first-order valence-corrected chi connectivity index (χ1v) is 12.2. The maximum atomic E-state index is 13.9. The Hall–Kier alpha value is -3.77. The molecule has 1 amide bonds. The minimum Gasteiger partial charge on any atom is -0.302 e. The highest BCUT2D eigenvalue weighted by Crippen LogP contribution is 2.34. The third-order valence-corrected chi connectivity index (χ3v) is 6.95. The van der Waals surface area contributed by atoms with Gasteiger partial charge in [0.25, 0.3) is 5.91 Å². The van der Waals surface area contributed by atoms with Gasteiger partial charge in [-0.3, -0.25) is 9.48 Å². The number of carbonyl (C=O) groups is 1. The van der Waals surface area contributed by atoms with E-state index in [2.05, 4.69) is 20.5 Å². The lowest BCUT2D eigenvalue weighted by molar-refractivity contribution is -0.142. The van der Waals surface area contributed by atoms with Gasteiger partial charge in [-0.15, -0.1) is 11.3 Å². The minimum absolute atomic E-state index is 0.00112. The van der Waals surface area contributed by atoms with Crippen molar-refractivity contribution >= 4 is 40.3 Å². The zero-order valence-electron chi connectivity index (χ0n) is 19.1. The summed E-state index contributed by atoms with van der Waals surface area (Å²) < 4.78 is 56.8. The van der Waals surface area contributed by atoms with E-state index >= 15 is 0 Å². The molecule has 0 aliphatic heterocycles. The largest absolute Gasteiger partial charge is 0.433 e. The molecule has 190 valence electrons. The lowest BCUT2D eigenvalue weighted by Crippen LogP contribution is -2.16. The SMILES string of the molecule is CCc1ccc(-c2cc(C(F)(F)F)n3nc(C(=O)Nc4nn(Cc5ccc(F)cc5)cc4Cl)cc3n2)s1. The molecule has 5 rings (SSSR count). The molecule has 0 aliphatic rings. The number of nitrogens with zero attached hydrogens (tertiary/aromatic N) is 5. The highest BCUT2D eigenvalue weighted by Gasteiger charge is 2.36. The van der Waals surface area contributed by atoms with Crippen LogP contribution in [0.3, 0.4) is 0 Å². The van der Waals surface area contributed by atoms with Gasteiger partial charge in [0.1, 0.15) is 10.8 Å². The maximum absolute atomic E-state index is 13.9. The average molecular weight is 549 g/mol. The van der Waals surface area contributed by atoms with Crippen LogP contribution in [0.1, 0.15) is 33.5 Å². The molecule has 4 heterocycles. The molecule has 37 heavy (non-hydrogen) atoms. The number of fused-ring (bicyclic) bond motifs is 1. The molecule has 0 radical (unpaired) electrons. The van der Waals surface area contributed by atoms with E-state index in [1.165, 1.54) is 40.4 Å². The molecule has 0 unspecified atom stereocenters. The summed E-state index contributed by atoms with van der Waals surface area (Å²) in [6.45, 7) is 2.21. The zero-order chi connectivity index (χ0) is 26.3. The first-order chi connectivity index (χ1) is 17.6. The van der Waals surface area contributed by atoms with Gasteiger partial charge in [0, 0.05) is 17.1 Å². The first-order valence-electron chi connectivity index (χ1n) is 11.0. The predicted octanol–water partition coefficient (Wildman–Crippen LogP) is 6.33. The Labute approximate surface area is 216 Å². The number of hydrogen-bond donors (Lipinski definition) is 1. The normalized spacial score (nSPS) is 11.8. The van der Waals surface area contributed by atoms with Crippen molar-refractivity contribution in [1.29, 1.82) is 0 Å². The molecule has 0 saturated heterocycles. The second kappa shape index (κ2) is 9.60. The molecule has 5 aromatic rings. The fourth-order valence-electron chi connectivity index (χ4n) is 3.63. The van der Waals surface area contributed by atoms with Gasteiger partial charge >= 0.3 is 6.18 Å². The topological polar surface area (TPSA) is 77.1 Å². The van der Waals surface area contributed by atoms with Crippen LogP contribution in [-0.2, 0) is 19.1 Å². The van der Waals surface area contributed by atoms with Crippen LogP contribution < -0.4 is 5.32 Å². The zero-order valence-corrected chi connectivity index (χ0v) is 20.6. The molecule has 13 heteroatoms. The fraction of sp³-hybridized carbons (Fsp3) is 0.167. The molecule has 7 nitrogen and oxygen atoms in total.